The quantitative estimate of drug-likeness (QED) is 0.751. The van der Waals surface area contributed by atoms with E-state index in [1.54, 1.807) is 0 Å². The fourth-order valence-electron chi connectivity index (χ4n) is 0.713. The highest BCUT2D eigenvalue weighted by molar-refractivity contribution is 8.69. The number of aliphatic hydroxyl groups is 1. The maximum absolute atomic E-state index is 11.4. The molecule has 1 atom stereocenters. The van der Waals surface area contributed by atoms with Crippen LogP contribution in [-0.4, -0.2) is 21.7 Å². The normalized spacial score (nSPS) is 12.8. The van der Waals surface area contributed by atoms with Gasteiger partial charge in [-0.05, 0) is 12.1 Å². The van der Waals surface area contributed by atoms with E-state index in [0.29, 0.717) is 5.75 Å². The average molecular weight is 202 g/mol. The Morgan fingerprint density at radius 2 is 2.00 bits per heavy atom. The topological polar surface area (TPSA) is 37.3 Å². The maximum Gasteiger partial charge on any atom is 0.113 e. The largest absolute Gasteiger partial charge is 0.395 e. The highest BCUT2D eigenvalue weighted by Gasteiger charge is 2.01. The van der Waals surface area contributed by atoms with Gasteiger partial charge in [0.25, 0.3) is 0 Å². The molecule has 0 aliphatic heterocycles. The van der Waals surface area contributed by atoms with Gasteiger partial charge in [0, 0.05) is 10.6 Å². The summed E-state index contributed by atoms with van der Waals surface area (Å²) in [5.41, 5.74) is 0. The second-order valence-corrected chi connectivity index (χ2v) is 5.29. The Bertz CT molecular complexity index is 248. The first-order valence-electron chi connectivity index (χ1n) is 3.55. The van der Waals surface area contributed by atoms with E-state index in [1.807, 2.05) is 30.3 Å². The molecule has 1 aromatic rings. The Morgan fingerprint density at radius 1 is 1.33 bits per heavy atom. The first-order chi connectivity index (χ1) is 5.84. The summed E-state index contributed by atoms with van der Waals surface area (Å²) in [6, 6.07) is 9.23. The predicted octanol–water partition coefficient (Wildman–Crippen LogP) is 1.43. The molecule has 1 aromatic carbocycles. The van der Waals surface area contributed by atoms with Crippen molar-refractivity contribution < 1.29 is 9.32 Å². The van der Waals surface area contributed by atoms with Crippen LogP contribution < -0.4 is 0 Å². The van der Waals surface area contributed by atoms with E-state index >= 15 is 0 Å². The van der Waals surface area contributed by atoms with Gasteiger partial charge in [-0.25, -0.2) is 4.21 Å². The lowest BCUT2D eigenvalue weighted by Crippen LogP contribution is -1.90. The Balaban J connectivity index is 2.54. The molecule has 0 fully saturated rings. The van der Waals surface area contributed by atoms with Gasteiger partial charge in [0.1, 0.15) is 9.83 Å². The van der Waals surface area contributed by atoms with Crippen molar-refractivity contribution >= 4 is 20.6 Å². The van der Waals surface area contributed by atoms with E-state index in [-0.39, 0.29) is 6.61 Å². The van der Waals surface area contributed by atoms with Gasteiger partial charge >= 0.3 is 0 Å². The van der Waals surface area contributed by atoms with Crippen LogP contribution >= 0.6 is 10.8 Å². The number of benzene rings is 1. The summed E-state index contributed by atoms with van der Waals surface area (Å²) in [5, 5.41) is 8.51. The SMILES string of the molecule is O=S(SCCO)c1ccccc1. The Hall–Kier alpha value is -0.320. The van der Waals surface area contributed by atoms with Gasteiger partial charge in [-0.15, -0.1) is 0 Å². The van der Waals surface area contributed by atoms with Crippen molar-refractivity contribution in [2.24, 2.45) is 0 Å². The van der Waals surface area contributed by atoms with Crippen molar-refractivity contribution in [1.82, 2.24) is 0 Å². The minimum Gasteiger partial charge on any atom is -0.395 e. The molecule has 0 amide bonds. The van der Waals surface area contributed by atoms with E-state index in [9.17, 15) is 4.21 Å². The van der Waals surface area contributed by atoms with Crippen LogP contribution in [0.1, 0.15) is 0 Å². The van der Waals surface area contributed by atoms with Crippen molar-refractivity contribution in [3.05, 3.63) is 30.3 Å². The van der Waals surface area contributed by atoms with Gasteiger partial charge in [-0.2, -0.15) is 0 Å². The molecule has 0 aliphatic rings. The molecule has 0 saturated heterocycles. The number of aliphatic hydroxyl groups excluding tert-OH is 1. The second-order valence-electron chi connectivity index (χ2n) is 2.09. The van der Waals surface area contributed by atoms with Gasteiger partial charge in [0.15, 0.2) is 0 Å². The van der Waals surface area contributed by atoms with Crippen LogP contribution in [0.3, 0.4) is 0 Å². The van der Waals surface area contributed by atoms with Crippen LogP contribution in [0.4, 0.5) is 0 Å². The number of rotatable bonds is 4. The van der Waals surface area contributed by atoms with Gasteiger partial charge in [-0.1, -0.05) is 29.0 Å². The summed E-state index contributed by atoms with van der Waals surface area (Å²) >= 11 is 0. The van der Waals surface area contributed by atoms with Crippen molar-refractivity contribution in [2.75, 3.05) is 12.4 Å². The molecule has 0 radical (unpaired) electrons. The zero-order chi connectivity index (χ0) is 8.81. The van der Waals surface area contributed by atoms with E-state index < -0.39 is 9.83 Å². The third-order valence-electron chi connectivity index (χ3n) is 1.22. The highest BCUT2D eigenvalue weighted by Crippen LogP contribution is 2.16. The molecule has 66 valence electrons. The van der Waals surface area contributed by atoms with Crippen LogP contribution in [0, 0.1) is 0 Å². The van der Waals surface area contributed by atoms with Gasteiger partial charge in [0.05, 0.1) is 6.61 Å². The van der Waals surface area contributed by atoms with Crippen molar-refractivity contribution in [3.63, 3.8) is 0 Å². The molecule has 1 N–H and O–H groups in total. The van der Waals surface area contributed by atoms with Crippen LogP contribution in [0.15, 0.2) is 35.2 Å². The minimum atomic E-state index is -1.03. The number of hydrogen-bond donors (Lipinski definition) is 1. The van der Waals surface area contributed by atoms with E-state index in [2.05, 4.69) is 0 Å². The smallest absolute Gasteiger partial charge is 0.113 e. The van der Waals surface area contributed by atoms with Crippen molar-refractivity contribution in [3.8, 4) is 0 Å². The first kappa shape index (κ1) is 9.77. The van der Waals surface area contributed by atoms with Crippen LogP contribution in [0.2, 0.25) is 0 Å². The summed E-state index contributed by atoms with van der Waals surface area (Å²) in [4.78, 5) is 0.802. The molecule has 1 rings (SSSR count). The highest BCUT2D eigenvalue weighted by atomic mass is 33.1. The minimum absolute atomic E-state index is 0.0727. The molecule has 0 aliphatic carbocycles. The Kier molecular flexibility index (Phi) is 4.35. The molecule has 4 heteroatoms. The van der Waals surface area contributed by atoms with E-state index in [1.165, 1.54) is 10.8 Å². The molecule has 12 heavy (non-hydrogen) atoms. The van der Waals surface area contributed by atoms with Gasteiger partial charge in [0.2, 0.25) is 0 Å². The average Bonchev–Trinajstić information content (AvgIpc) is 2.15. The molecule has 0 heterocycles. The summed E-state index contributed by atoms with van der Waals surface area (Å²) in [5.74, 6) is 0.515. The molecule has 2 nitrogen and oxygen atoms in total. The van der Waals surface area contributed by atoms with Gasteiger partial charge < -0.3 is 5.11 Å². The van der Waals surface area contributed by atoms with E-state index in [0.717, 1.165) is 4.90 Å². The van der Waals surface area contributed by atoms with E-state index in [4.69, 9.17) is 5.11 Å². The maximum atomic E-state index is 11.4. The summed E-state index contributed by atoms with van der Waals surface area (Å²) in [6.45, 7) is 0.0727. The van der Waals surface area contributed by atoms with Crippen molar-refractivity contribution in [1.29, 1.82) is 0 Å². The predicted molar refractivity (Wildman–Crippen MR) is 52.4 cm³/mol. The van der Waals surface area contributed by atoms with Gasteiger partial charge in [-0.3, -0.25) is 0 Å². The summed E-state index contributed by atoms with van der Waals surface area (Å²) in [6.07, 6.45) is 0. The standard InChI is InChI=1S/C8H10O2S2/c9-6-7-11-12(10)8-4-2-1-3-5-8/h1-5,9H,6-7H2. The molecular formula is C8H10O2S2. The third-order valence-corrected chi connectivity index (χ3v) is 4.16. The van der Waals surface area contributed by atoms with Crippen LogP contribution in [-0.2, 0) is 9.83 Å². The molecule has 1 unspecified atom stereocenters. The molecule has 0 spiro atoms. The zero-order valence-corrected chi connectivity index (χ0v) is 8.11. The summed E-state index contributed by atoms with van der Waals surface area (Å²) < 4.78 is 11.4. The fourth-order valence-corrected chi connectivity index (χ4v) is 2.87. The molecular weight excluding hydrogens is 192 g/mol. The lowest BCUT2D eigenvalue weighted by atomic mass is 10.4. The van der Waals surface area contributed by atoms with Crippen LogP contribution in [0.25, 0.3) is 0 Å². The lowest BCUT2D eigenvalue weighted by Gasteiger charge is -1.98. The molecule has 0 saturated carbocycles. The Morgan fingerprint density at radius 3 is 2.58 bits per heavy atom. The first-order valence-corrected chi connectivity index (χ1v) is 6.21. The zero-order valence-electron chi connectivity index (χ0n) is 6.47. The second kappa shape index (κ2) is 5.35. The lowest BCUT2D eigenvalue weighted by molar-refractivity contribution is 0.323. The number of hydrogen-bond acceptors (Lipinski definition) is 3. The summed E-state index contributed by atoms with van der Waals surface area (Å²) in [7, 11) is 0.225. The molecule has 0 aromatic heterocycles. The van der Waals surface area contributed by atoms with Crippen molar-refractivity contribution in [2.45, 2.75) is 4.90 Å². The third kappa shape index (κ3) is 2.97. The fraction of sp³-hybridized carbons (Fsp3) is 0.250. The Labute approximate surface area is 77.9 Å². The van der Waals surface area contributed by atoms with Crippen LogP contribution in [0.5, 0.6) is 0 Å². The molecule has 0 bridgehead atoms. The monoisotopic (exact) mass is 202 g/mol.